The molecule has 0 radical (unpaired) electrons. The van der Waals surface area contributed by atoms with Crippen LogP contribution in [0.4, 0.5) is 4.39 Å². The third-order valence-corrected chi connectivity index (χ3v) is 9.14. The largest absolute Gasteiger partial charge is 0.466 e. The number of ether oxygens (including phenoxy) is 3. The number of carbonyl (C=O) groups is 1. The second-order valence-electron chi connectivity index (χ2n) is 12.0. The summed E-state index contributed by atoms with van der Waals surface area (Å²) in [6.45, 7) is 3.98. The Kier molecular flexibility index (Phi) is 7.52. The molecule has 226 valence electrons. The van der Waals surface area contributed by atoms with Crippen molar-refractivity contribution in [1.82, 2.24) is 19.4 Å². The predicted molar refractivity (Wildman–Crippen MR) is 160 cm³/mol. The van der Waals surface area contributed by atoms with E-state index in [9.17, 15) is 9.18 Å². The molecule has 2 aliphatic heterocycles. The number of nitrogens with zero attached hydrogens (tertiary/aromatic N) is 5. The normalized spacial score (nSPS) is 19.7. The van der Waals surface area contributed by atoms with Gasteiger partial charge in [0.05, 0.1) is 54.5 Å². The lowest BCUT2D eigenvalue weighted by Crippen LogP contribution is -2.35. The Labute approximate surface area is 255 Å². The second-order valence-corrected chi connectivity index (χ2v) is 12.0. The summed E-state index contributed by atoms with van der Waals surface area (Å²) in [7, 11) is 1.39. The first kappa shape index (κ1) is 28.4. The van der Waals surface area contributed by atoms with Crippen LogP contribution < -0.4 is 4.74 Å². The third-order valence-electron chi connectivity index (χ3n) is 9.14. The lowest BCUT2D eigenvalue weighted by atomic mass is 9.93. The smallest absolute Gasteiger partial charge is 0.337 e. The van der Waals surface area contributed by atoms with E-state index in [4.69, 9.17) is 29.4 Å². The van der Waals surface area contributed by atoms with Crippen LogP contribution in [0, 0.1) is 17.1 Å². The SMILES string of the molecule is COC(=O)c1ccc2nc(CN3CCC(c4cccc(OC5(c6ccc(C#N)cc6F)CC5)n4)CC3)n(CC3CCO3)c2c1. The van der Waals surface area contributed by atoms with Gasteiger partial charge in [-0.2, -0.15) is 5.26 Å². The first-order valence-electron chi connectivity index (χ1n) is 15.2. The number of carbonyl (C=O) groups excluding carboxylic acids is 1. The number of fused-ring (bicyclic) bond motifs is 1. The Bertz CT molecular complexity index is 1750. The number of imidazole rings is 1. The number of pyridine rings is 1. The average Bonchev–Trinajstić information content (AvgIpc) is 3.72. The second kappa shape index (κ2) is 11.6. The highest BCUT2D eigenvalue weighted by atomic mass is 19.1. The first-order chi connectivity index (χ1) is 21.4. The summed E-state index contributed by atoms with van der Waals surface area (Å²) in [4.78, 5) is 24.4. The van der Waals surface area contributed by atoms with Gasteiger partial charge in [0, 0.05) is 29.8 Å². The molecule has 0 amide bonds. The Morgan fingerprint density at radius 3 is 2.61 bits per heavy atom. The molecule has 3 fully saturated rings. The molecule has 0 bridgehead atoms. The molecular weight excluding hydrogens is 561 g/mol. The highest BCUT2D eigenvalue weighted by Crippen LogP contribution is 2.50. The highest BCUT2D eigenvalue weighted by Gasteiger charge is 2.49. The number of nitriles is 1. The molecular formula is C34H34FN5O4. The van der Waals surface area contributed by atoms with E-state index in [0.717, 1.165) is 61.5 Å². The molecule has 1 saturated carbocycles. The van der Waals surface area contributed by atoms with Gasteiger partial charge in [-0.1, -0.05) is 12.1 Å². The van der Waals surface area contributed by atoms with E-state index in [1.807, 2.05) is 36.4 Å². The van der Waals surface area contributed by atoms with E-state index >= 15 is 0 Å². The van der Waals surface area contributed by atoms with Gasteiger partial charge in [0.25, 0.3) is 0 Å². The van der Waals surface area contributed by atoms with Crippen LogP contribution in [0.15, 0.2) is 54.6 Å². The summed E-state index contributed by atoms with van der Waals surface area (Å²) in [5, 5.41) is 9.09. The maximum absolute atomic E-state index is 14.8. The molecule has 44 heavy (non-hydrogen) atoms. The van der Waals surface area contributed by atoms with E-state index < -0.39 is 11.4 Å². The predicted octanol–water partition coefficient (Wildman–Crippen LogP) is 5.47. The van der Waals surface area contributed by atoms with Gasteiger partial charge >= 0.3 is 5.97 Å². The Hall–Kier alpha value is -4.33. The number of likely N-dealkylation sites (tertiary alicyclic amines) is 1. The number of aromatic nitrogens is 3. The molecule has 0 spiro atoms. The van der Waals surface area contributed by atoms with Crippen LogP contribution in [0.1, 0.15) is 71.0 Å². The number of halogens is 1. The van der Waals surface area contributed by atoms with Gasteiger partial charge in [-0.05, 0) is 81.6 Å². The zero-order chi connectivity index (χ0) is 30.3. The van der Waals surface area contributed by atoms with Gasteiger partial charge in [0.1, 0.15) is 17.2 Å². The standard InChI is InChI=1S/C34H34FN5O4/c1-42-33(41)24-6-8-29-30(18-24)40(20-25-11-16-43-25)31(37-29)21-39-14-9-23(10-15-39)28-3-2-4-32(38-28)44-34(12-13-34)26-7-5-22(19-36)17-27(26)35/h2-8,17-18,23,25H,9-16,20-21H2,1H3. The lowest BCUT2D eigenvalue weighted by Gasteiger charge is -2.32. The Balaban J connectivity index is 1.03. The summed E-state index contributed by atoms with van der Waals surface area (Å²) in [5.41, 5.74) is 3.33. The number of esters is 1. The van der Waals surface area contributed by atoms with Crippen molar-refractivity contribution in [2.75, 3.05) is 26.8 Å². The molecule has 10 heteroatoms. The highest BCUT2D eigenvalue weighted by molar-refractivity contribution is 5.93. The van der Waals surface area contributed by atoms with Crippen LogP contribution in [0.25, 0.3) is 11.0 Å². The molecule has 4 aromatic rings. The minimum atomic E-state index is -0.722. The quantitative estimate of drug-likeness (QED) is 0.235. The number of piperidine rings is 1. The van der Waals surface area contributed by atoms with Crippen LogP contribution in [-0.4, -0.2) is 58.3 Å². The summed E-state index contributed by atoms with van der Waals surface area (Å²) in [5.74, 6) is 0.989. The van der Waals surface area contributed by atoms with E-state index in [-0.39, 0.29) is 12.1 Å². The van der Waals surface area contributed by atoms with Crippen LogP contribution >= 0.6 is 0 Å². The van der Waals surface area contributed by atoms with E-state index in [0.29, 0.717) is 54.4 Å². The Morgan fingerprint density at radius 1 is 1.11 bits per heavy atom. The Morgan fingerprint density at radius 2 is 1.93 bits per heavy atom. The fourth-order valence-corrected chi connectivity index (χ4v) is 6.37. The van der Waals surface area contributed by atoms with Crippen molar-refractivity contribution in [2.24, 2.45) is 0 Å². The molecule has 2 aromatic heterocycles. The fraction of sp³-hybridized carbons (Fsp3) is 0.412. The van der Waals surface area contributed by atoms with Crippen molar-refractivity contribution < 1.29 is 23.4 Å². The monoisotopic (exact) mass is 595 g/mol. The van der Waals surface area contributed by atoms with Crippen LogP contribution in [0.2, 0.25) is 0 Å². The van der Waals surface area contributed by atoms with Crippen molar-refractivity contribution in [3.63, 3.8) is 0 Å². The summed E-state index contributed by atoms with van der Waals surface area (Å²) in [6.07, 6.45) is 4.49. The molecule has 1 aliphatic carbocycles. The topological polar surface area (TPSA) is 102 Å². The number of hydrogen-bond donors (Lipinski definition) is 0. The van der Waals surface area contributed by atoms with E-state index in [1.165, 1.54) is 13.2 Å². The van der Waals surface area contributed by atoms with Crippen LogP contribution in [-0.2, 0) is 28.2 Å². The molecule has 7 rings (SSSR count). The lowest BCUT2D eigenvalue weighted by molar-refractivity contribution is -0.0592. The summed E-state index contributed by atoms with van der Waals surface area (Å²) < 4.78 is 34.0. The number of methoxy groups -OCH3 is 1. The number of rotatable bonds is 9. The van der Waals surface area contributed by atoms with E-state index in [1.54, 1.807) is 18.2 Å². The number of hydrogen-bond acceptors (Lipinski definition) is 8. The summed E-state index contributed by atoms with van der Waals surface area (Å²) >= 11 is 0. The fourth-order valence-electron chi connectivity index (χ4n) is 6.37. The molecule has 1 unspecified atom stereocenters. The van der Waals surface area contributed by atoms with Gasteiger partial charge in [-0.25, -0.2) is 19.2 Å². The molecule has 9 nitrogen and oxygen atoms in total. The molecule has 3 aliphatic rings. The average molecular weight is 596 g/mol. The van der Waals surface area contributed by atoms with E-state index in [2.05, 4.69) is 9.47 Å². The molecule has 1 atom stereocenters. The maximum Gasteiger partial charge on any atom is 0.337 e. The van der Waals surface area contributed by atoms with Crippen molar-refractivity contribution in [3.05, 3.63) is 88.6 Å². The molecule has 2 aromatic carbocycles. The van der Waals surface area contributed by atoms with Gasteiger partial charge in [0.15, 0.2) is 0 Å². The maximum atomic E-state index is 14.8. The van der Waals surface area contributed by atoms with Crippen molar-refractivity contribution in [3.8, 4) is 11.9 Å². The summed E-state index contributed by atoms with van der Waals surface area (Å²) in [6, 6.07) is 17.9. The van der Waals surface area contributed by atoms with Gasteiger partial charge in [-0.15, -0.1) is 0 Å². The first-order valence-corrected chi connectivity index (χ1v) is 15.2. The third kappa shape index (κ3) is 5.53. The van der Waals surface area contributed by atoms with Gasteiger partial charge < -0.3 is 18.8 Å². The zero-order valence-electron chi connectivity index (χ0n) is 24.7. The zero-order valence-corrected chi connectivity index (χ0v) is 24.7. The molecule has 0 N–H and O–H groups in total. The number of benzene rings is 2. The molecule has 2 saturated heterocycles. The van der Waals surface area contributed by atoms with Gasteiger partial charge in [0.2, 0.25) is 5.88 Å². The van der Waals surface area contributed by atoms with Crippen LogP contribution in [0.3, 0.4) is 0 Å². The van der Waals surface area contributed by atoms with Crippen molar-refractivity contribution in [2.45, 2.75) is 62.8 Å². The molecule has 4 heterocycles. The van der Waals surface area contributed by atoms with Gasteiger partial charge in [-0.3, -0.25) is 4.90 Å². The van der Waals surface area contributed by atoms with Crippen LogP contribution in [0.5, 0.6) is 5.88 Å². The minimum absolute atomic E-state index is 0.155. The van der Waals surface area contributed by atoms with Crippen molar-refractivity contribution in [1.29, 1.82) is 5.26 Å². The minimum Gasteiger partial charge on any atom is -0.466 e. The van der Waals surface area contributed by atoms with Crippen molar-refractivity contribution >= 4 is 17.0 Å².